The first kappa shape index (κ1) is 25.0. The number of carbonyl (C=O) groups is 1. The van der Waals surface area contributed by atoms with E-state index in [9.17, 15) is 4.79 Å². The molecule has 0 unspecified atom stereocenters. The summed E-state index contributed by atoms with van der Waals surface area (Å²) in [6.45, 7) is 8.94. The van der Waals surface area contributed by atoms with Crippen LogP contribution in [-0.4, -0.2) is 59.2 Å². The van der Waals surface area contributed by atoms with Crippen molar-refractivity contribution in [3.05, 3.63) is 42.2 Å². The monoisotopic (exact) mass is 494 g/mol. The Morgan fingerprint density at radius 2 is 1.86 bits per heavy atom. The van der Waals surface area contributed by atoms with E-state index < -0.39 is 0 Å². The second kappa shape index (κ2) is 11.5. The molecule has 0 atom stereocenters. The number of aromatic nitrogens is 2. The summed E-state index contributed by atoms with van der Waals surface area (Å²) in [6.07, 6.45) is 4.19. The Morgan fingerprint density at radius 1 is 1.14 bits per heavy atom. The Kier molecular flexibility index (Phi) is 8.25. The fourth-order valence-corrected chi connectivity index (χ4v) is 4.52. The zero-order valence-corrected chi connectivity index (χ0v) is 21.2. The van der Waals surface area contributed by atoms with Gasteiger partial charge in [0.25, 0.3) is 0 Å². The van der Waals surface area contributed by atoms with Crippen molar-refractivity contribution in [2.75, 3.05) is 48.3 Å². The number of nitrogens with two attached hydrogens (primary N) is 1. The first-order chi connectivity index (χ1) is 16.9. The zero-order chi connectivity index (χ0) is 24.8. The minimum Gasteiger partial charge on any atom is -0.385 e. The van der Waals surface area contributed by atoms with E-state index in [1.807, 2.05) is 37.3 Å². The number of nitrogens with one attached hydrogen (secondary N) is 3. The fraction of sp³-hybridized carbons (Fsp3) is 0.440. The molecule has 0 bridgehead atoms. The minimum atomic E-state index is 0.0992. The lowest BCUT2D eigenvalue weighted by molar-refractivity contribution is -0.117. The van der Waals surface area contributed by atoms with Gasteiger partial charge in [-0.25, -0.2) is 9.97 Å². The largest absolute Gasteiger partial charge is 0.385 e. The van der Waals surface area contributed by atoms with E-state index in [1.165, 1.54) is 11.8 Å². The third-order valence-electron chi connectivity index (χ3n) is 6.10. The van der Waals surface area contributed by atoms with Crippen LogP contribution in [0.4, 0.5) is 17.3 Å². The van der Waals surface area contributed by atoms with Crippen molar-refractivity contribution in [2.24, 2.45) is 11.7 Å². The molecular formula is C25H34N8OS. The van der Waals surface area contributed by atoms with E-state index >= 15 is 0 Å². The number of likely N-dealkylation sites (N-methyl/N-ethyl adjacent to an activating group) is 1. The summed E-state index contributed by atoms with van der Waals surface area (Å²) in [6, 6.07) is 9.66. The Hall–Kier alpha value is -3.11. The molecule has 0 spiro atoms. The van der Waals surface area contributed by atoms with Crippen molar-refractivity contribution < 1.29 is 4.79 Å². The van der Waals surface area contributed by atoms with Crippen LogP contribution >= 0.6 is 11.8 Å². The molecule has 1 aliphatic carbocycles. The Labute approximate surface area is 211 Å². The molecule has 0 radical (unpaired) electrons. The first-order valence-electron chi connectivity index (χ1n) is 12.2. The van der Waals surface area contributed by atoms with Crippen LogP contribution in [0.3, 0.4) is 0 Å². The van der Waals surface area contributed by atoms with E-state index in [0.717, 1.165) is 62.0 Å². The SMILES string of the molecule is CCC(=N)/C=C(\N)Nc1cc(N2CCN(CC)CC2)nc(Sc2ccc(NC(=O)C3CC3)cc2)n1. The summed E-state index contributed by atoms with van der Waals surface area (Å²) in [5.74, 6) is 2.10. The Balaban J connectivity index is 1.52. The van der Waals surface area contributed by atoms with Gasteiger partial charge < -0.3 is 31.6 Å². The van der Waals surface area contributed by atoms with Gasteiger partial charge in [-0.1, -0.05) is 13.8 Å². The van der Waals surface area contributed by atoms with Crippen LogP contribution in [0.2, 0.25) is 0 Å². The van der Waals surface area contributed by atoms with Gasteiger partial charge in [0.15, 0.2) is 5.16 Å². The number of hydrogen-bond donors (Lipinski definition) is 4. The van der Waals surface area contributed by atoms with Crippen molar-refractivity contribution >= 4 is 40.7 Å². The minimum absolute atomic E-state index is 0.0992. The first-order valence-corrected chi connectivity index (χ1v) is 13.0. The number of hydrogen-bond acceptors (Lipinski definition) is 9. The highest BCUT2D eigenvalue weighted by atomic mass is 32.2. The average Bonchev–Trinajstić information content (AvgIpc) is 3.71. The lowest BCUT2D eigenvalue weighted by Gasteiger charge is -2.34. The summed E-state index contributed by atoms with van der Waals surface area (Å²) >= 11 is 1.46. The highest BCUT2D eigenvalue weighted by molar-refractivity contribution is 7.99. The number of allylic oxidation sites excluding steroid dienone is 1. The molecule has 4 rings (SSSR count). The van der Waals surface area contributed by atoms with E-state index in [-0.39, 0.29) is 11.8 Å². The molecule has 1 aromatic carbocycles. The van der Waals surface area contributed by atoms with Crippen LogP contribution in [0.15, 0.2) is 52.3 Å². The van der Waals surface area contributed by atoms with Crippen LogP contribution in [0, 0.1) is 11.3 Å². The van der Waals surface area contributed by atoms with Crippen LogP contribution in [0.25, 0.3) is 0 Å². The van der Waals surface area contributed by atoms with Gasteiger partial charge in [0.05, 0.1) is 0 Å². The summed E-state index contributed by atoms with van der Waals surface area (Å²) < 4.78 is 0. The fourth-order valence-electron chi connectivity index (χ4n) is 3.75. The van der Waals surface area contributed by atoms with Crippen LogP contribution in [-0.2, 0) is 4.79 Å². The van der Waals surface area contributed by atoms with Gasteiger partial charge in [0, 0.05) is 54.5 Å². The summed E-state index contributed by atoms with van der Waals surface area (Å²) in [4.78, 5) is 27.2. The second-order valence-corrected chi connectivity index (χ2v) is 9.85. The van der Waals surface area contributed by atoms with Crippen LogP contribution in [0.1, 0.15) is 33.1 Å². The van der Waals surface area contributed by atoms with Gasteiger partial charge in [-0.3, -0.25) is 4.79 Å². The predicted molar refractivity (Wildman–Crippen MR) is 142 cm³/mol. The maximum atomic E-state index is 12.0. The highest BCUT2D eigenvalue weighted by Gasteiger charge is 2.29. The average molecular weight is 495 g/mol. The molecule has 1 saturated heterocycles. The molecule has 2 aromatic rings. The predicted octanol–water partition coefficient (Wildman–Crippen LogP) is 3.76. The van der Waals surface area contributed by atoms with Crippen molar-refractivity contribution in [1.82, 2.24) is 14.9 Å². The van der Waals surface area contributed by atoms with Crippen molar-refractivity contribution in [1.29, 1.82) is 5.41 Å². The van der Waals surface area contributed by atoms with Crippen molar-refractivity contribution in [2.45, 2.75) is 43.2 Å². The molecule has 1 saturated carbocycles. The number of carbonyl (C=O) groups excluding carboxylic acids is 1. The Bertz CT molecular complexity index is 1080. The standard InChI is InChI=1S/C25H34N8OS/c1-3-18(26)15-21(27)29-22-16-23(33-13-11-32(4-2)12-14-33)31-25(30-22)35-20-9-7-19(8-10-20)28-24(34)17-5-6-17/h7-10,15-17,26H,3-6,11-14,27H2,1-2H3,(H,28,34)(H,29,30,31)/b21-15+,26-18?. The second-order valence-electron chi connectivity index (χ2n) is 8.81. The molecular weight excluding hydrogens is 460 g/mol. The van der Waals surface area contributed by atoms with Crippen molar-refractivity contribution in [3.63, 3.8) is 0 Å². The van der Waals surface area contributed by atoms with Gasteiger partial charge in [0.1, 0.15) is 17.5 Å². The molecule has 1 aliphatic heterocycles. The van der Waals surface area contributed by atoms with Gasteiger partial charge in [-0.05, 0) is 67.9 Å². The topological polar surface area (TPSA) is 123 Å². The van der Waals surface area contributed by atoms with Crippen LogP contribution in [0.5, 0.6) is 0 Å². The molecule has 9 nitrogen and oxygen atoms in total. The van der Waals surface area contributed by atoms with Gasteiger partial charge in [0.2, 0.25) is 5.91 Å². The molecule has 2 aliphatic rings. The quantitative estimate of drug-likeness (QED) is 0.291. The normalized spacial score (nSPS) is 16.7. The molecule has 186 valence electrons. The number of nitrogens with zero attached hydrogens (tertiary/aromatic N) is 4. The number of anilines is 3. The Morgan fingerprint density at radius 3 is 2.49 bits per heavy atom. The van der Waals surface area contributed by atoms with E-state index in [1.54, 1.807) is 6.08 Å². The van der Waals surface area contributed by atoms with Gasteiger partial charge in [-0.15, -0.1) is 0 Å². The number of rotatable bonds is 10. The summed E-state index contributed by atoms with van der Waals surface area (Å²) in [5, 5.41) is 14.6. The van der Waals surface area contributed by atoms with Crippen molar-refractivity contribution in [3.8, 4) is 0 Å². The molecule has 1 amide bonds. The zero-order valence-electron chi connectivity index (χ0n) is 20.4. The summed E-state index contributed by atoms with van der Waals surface area (Å²) in [5.41, 5.74) is 7.37. The maximum Gasteiger partial charge on any atom is 0.227 e. The molecule has 1 aromatic heterocycles. The van der Waals surface area contributed by atoms with E-state index in [2.05, 4.69) is 32.3 Å². The number of benzene rings is 1. The highest BCUT2D eigenvalue weighted by Crippen LogP contribution is 2.32. The molecule has 2 fully saturated rings. The van der Waals surface area contributed by atoms with E-state index in [0.29, 0.717) is 28.9 Å². The lowest BCUT2D eigenvalue weighted by Crippen LogP contribution is -2.46. The van der Waals surface area contributed by atoms with E-state index in [4.69, 9.17) is 16.1 Å². The van der Waals surface area contributed by atoms with Gasteiger partial charge in [-0.2, -0.15) is 0 Å². The lowest BCUT2D eigenvalue weighted by atomic mass is 10.3. The molecule has 10 heteroatoms. The van der Waals surface area contributed by atoms with Gasteiger partial charge >= 0.3 is 0 Å². The third-order valence-corrected chi connectivity index (χ3v) is 6.97. The van der Waals surface area contributed by atoms with Crippen LogP contribution < -0.4 is 21.3 Å². The number of piperazine rings is 1. The number of amides is 1. The molecule has 2 heterocycles. The maximum absolute atomic E-state index is 12.0. The third kappa shape index (κ3) is 7.19. The molecule has 35 heavy (non-hydrogen) atoms. The molecule has 5 N–H and O–H groups in total. The summed E-state index contributed by atoms with van der Waals surface area (Å²) in [7, 11) is 0. The smallest absolute Gasteiger partial charge is 0.227 e.